The number of hydrogen-bond donors (Lipinski definition) is 1. The summed E-state index contributed by atoms with van der Waals surface area (Å²) in [6, 6.07) is 73.0. The number of nitrogens with one attached hydrogen (secondary N) is 1. The maximum absolute atomic E-state index is 3.67. The van der Waals surface area contributed by atoms with Gasteiger partial charge in [-0.25, -0.2) is 0 Å². The average Bonchev–Trinajstić information content (AvgIpc) is 3.61. The van der Waals surface area contributed by atoms with Crippen molar-refractivity contribution in [1.29, 1.82) is 0 Å². The molecule has 1 unspecified atom stereocenters. The first-order valence-corrected chi connectivity index (χ1v) is 18.3. The molecule has 0 aliphatic rings. The summed E-state index contributed by atoms with van der Waals surface area (Å²) in [5, 5.41) is 2.54. The molecule has 0 radical (unpaired) electrons. The van der Waals surface area contributed by atoms with Crippen molar-refractivity contribution < 1.29 is 0 Å². The van der Waals surface area contributed by atoms with E-state index in [2.05, 4.69) is 205 Å². The predicted molar refractivity (Wildman–Crippen MR) is 221 cm³/mol. The number of aromatic amines is 1. The van der Waals surface area contributed by atoms with Gasteiger partial charge in [0.15, 0.2) is 0 Å². The fraction of sp³-hybridized carbons (Fsp3) is 0.0588. The van der Waals surface area contributed by atoms with Crippen LogP contribution in [0.2, 0.25) is 0 Å². The van der Waals surface area contributed by atoms with E-state index in [0.717, 1.165) is 12.8 Å². The summed E-state index contributed by atoms with van der Waals surface area (Å²) in [4.78, 5) is 3.67. The molecule has 1 heteroatoms. The van der Waals surface area contributed by atoms with Crippen molar-refractivity contribution in [3.63, 3.8) is 0 Å². The molecule has 52 heavy (non-hydrogen) atoms. The highest BCUT2D eigenvalue weighted by Gasteiger charge is 2.16. The van der Waals surface area contributed by atoms with Gasteiger partial charge in [-0.2, -0.15) is 0 Å². The van der Waals surface area contributed by atoms with Gasteiger partial charge in [0.2, 0.25) is 0 Å². The van der Waals surface area contributed by atoms with Crippen molar-refractivity contribution in [1.82, 2.24) is 4.98 Å². The van der Waals surface area contributed by atoms with E-state index in [4.69, 9.17) is 0 Å². The number of H-pyrrole nitrogens is 1. The Balaban J connectivity index is 0.993. The van der Waals surface area contributed by atoms with Crippen LogP contribution >= 0.6 is 0 Å². The number of hydrogen-bond acceptors (Lipinski definition) is 0. The van der Waals surface area contributed by atoms with Crippen LogP contribution in [0.4, 0.5) is 0 Å². The Bertz CT molecular complexity index is 2520. The van der Waals surface area contributed by atoms with Gasteiger partial charge in [-0.05, 0) is 92.7 Å². The average molecular weight is 666 g/mol. The second-order valence-electron chi connectivity index (χ2n) is 13.8. The molecule has 9 aromatic rings. The van der Waals surface area contributed by atoms with Gasteiger partial charge in [0.25, 0.3) is 0 Å². The number of benzene rings is 8. The predicted octanol–water partition coefficient (Wildman–Crippen LogP) is 13.8. The van der Waals surface area contributed by atoms with E-state index in [1.54, 1.807) is 0 Å². The van der Waals surface area contributed by atoms with E-state index >= 15 is 0 Å². The molecule has 0 bridgehead atoms. The summed E-state index contributed by atoms with van der Waals surface area (Å²) < 4.78 is 0. The van der Waals surface area contributed by atoms with Crippen LogP contribution in [0.1, 0.15) is 29.0 Å². The standard InChI is InChI=1S/C51H39N/c1-4-13-37(14-5-1)43-33-44(38-15-6-2-7-16-38)35-45(34-43)39-28-30-41(31-29-39)46(40-17-8-3-9-18-40)32-25-36-23-26-42(27-24-36)47-20-12-21-49-48-19-10-11-22-50(48)52-51(47)49/h1-24,26-31,33-35,46,52H,25,32H2. The minimum atomic E-state index is 0.297. The Morgan fingerprint density at radius 2 is 0.865 bits per heavy atom. The molecule has 1 atom stereocenters. The highest BCUT2D eigenvalue weighted by molar-refractivity contribution is 6.11. The van der Waals surface area contributed by atoms with Crippen LogP contribution < -0.4 is 0 Å². The zero-order chi connectivity index (χ0) is 34.7. The van der Waals surface area contributed by atoms with Gasteiger partial charge in [0.1, 0.15) is 0 Å². The highest BCUT2D eigenvalue weighted by atomic mass is 14.7. The summed E-state index contributed by atoms with van der Waals surface area (Å²) >= 11 is 0. The maximum atomic E-state index is 3.67. The molecule has 9 rings (SSSR count). The van der Waals surface area contributed by atoms with Crippen LogP contribution in [0.3, 0.4) is 0 Å². The molecule has 0 aliphatic heterocycles. The number of rotatable bonds is 9. The number of aryl methyl sites for hydroxylation is 1. The van der Waals surface area contributed by atoms with Gasteiger partial charge in [0.05, 0.1) is 5.52 Å². The number of fused-ring (bicyclic) bond motifs is 3. The van der Waals surface area contributed by atoms with Crippen LogP contribution in [0.15, 0.2) is 200 Å². The van der Waals surface area contributed by atoms with Crippen molar-refractivity contribution >= 4 is 21.8 Å². The fourth-order valence-corrected chi connectivity index (χ4v) is 7.78. The van der Waals surface area contributed by atoms with E-state index < -0.39 is 0 Å². The lowest BCUT2D eigenvalue weighted by Gasteiger charge is -2.19. The Morgan fingerprint density at radius 3 is 1.50 bits per heavy atom. The maximum Gasteiger partial charge on any atom is 0.0544 e. The molecule has 0 saturated carbocycles. The van der Waals surface area contributed by atoms with Gasteiger partial charge < -0.3 is 4.98 Å². The van der Waals surface area contributed by atoms with E-state index in [0.29, 0.717) is 5.92 Å². The first-order chi connectivity index (χ1) is 25.8. The lowest BCUT2D eigenvalue weighted by Crippen LogP contribution is -2.03. The van der Waals surface area contributed by atoms with Crippen LogP contribution in [0.25, 0.3) is 66.3 Å². The lowest BCUT2D eigenvalue weighted by atomic mass is 9.85. The van der Waals surface area contributed by atoms with Crippen LogP contribution in [-0.2, 0) is 6.42 Å². The van der Waals surface area contributed by atoms with Gasteiger partial charge in [0, 0.05) is 27.8 Å². The van der Waals surface area contributed by atoms with Gasteiger partial charge in [-0.3, -0.25) is 0 Å². The summed E-state index contributed by atoms with van der Waals surface area (Å²) in [5.74, 6) is 0.297. The van der Waals surface area contributed by atoms with Crippen LogP contribution in [-0.4, -0.2) is 4.98 Å². The fourth-order valence-electron chi connectivity index (χ4n) is 7.78. The molecular formula is C51H39N. The zero-order valence-corrected chi connectivity index (χ0v) is 29.0. The normalized spacial score (nSPS) is 11.9. The minimum absolute atomic E-state index is 0.297. The van der Waals surface area contributed by atoms with Crippen molar-refractivity contribution in [3.05, 3.63) is 217 Å². The summed E-state index contributed by atoms with van der Waals surface area (Å²) in [5.41, 5.74) is 16.3. The smallest absolute Gasteiger partial charge is 0.0544 e. The van der Waals surface area contributed by atoms with E-state index in [-0.39, 0.29) is 0 Å². The Kier molecular flexibility index (Phi) is 8.52. The molecule has 1 nitrogen and oxygen atoms in total. The number of aromatic nitrogens is 1. The molecule has 8 aromatic carbocycles. The zero-order valence-electron chi connectivity index (χ0n) is 29.0. The van der Waals surface area contributed by atoms with E-state index in [1.165, 1.54) is 83.0 Å². The number of para-hydroxylation sites is 2. The first-order valence-electron chi connectivity index (χ1n) is 18.3. The summed E-state index contributed by atoms with van der Waals surface area (Å²) in [7, 11) is 0. The summed E-state index contributed by atoms with van der Waals surface area (Å²) in [6.07, 6.45) is 2.03. The van der Waals surface area contributed by atoms with Gasteiger partial charge in [-0.1, -0.05) is 176 Å². The van der Waals surface area contributed by atoms with Crippen molar-refractivity contribution in [2.24, 2.45) is 0 Å². The molecule has 1 N–H and O–H groups in total. The molecule has 0 spiro atoms. The third-order valence-corrected chi connectivity index (χ3v) is 10.5. The Morgan fingerprint density at radius 1 is 0.365 bits per heavy atom. The molecule has 0 aliphatic carbocycles. The molecule has 0 fully saturated rings. The van der Waals surface area contributed by atoms with Crippen LogP contribution in [0.5, 0.6) is 0 Å². The quantitative estimate of drug-likeness (QED) is 0.158. The SMILES string of the molecule is c1ccc(-c2cc(-c3ccccc3)cc(-c3ccc(C(CCc4ccc(-c5cccc6c5[nH]c5ccccc56)cc4)c4ccccc4)cc3)c2)cc1. The first kappa shape index (κ1) is 31.5. The third-order valence-electron chi connectivity index (χ3n) is 10.5. The Hall–Kier alpha value is -6.44. The molecule has 0 saturated heterocycles. The second-order valence-corrected chi connectivity index (χ2v) is 13.8. The van der Waals surface area contributed by atoms with Crippen LogP contribution in [0, 0.1) is 0 Å². The lowest BCUT2D eigenvalue weighted by molar-refractivity contribution is 0.715. The van der Waals surface area contributed by atoms with E-state index in [9.17, 15) is 0 Å². The largest absolute Gasteiger partial charge is 0.354 e. The van der Waals surface area contributed by atoms with Crippen molar-refractivity contribution in [2.75, 3.05) is 0 Å². The van der Waals surface area contributed by atoms with E-state index in [1.807, 2.05) is 0 Å². The molecule has 1 aromatic heterocycles. The van der Waals surface area contributed by atoms with Crippen molar-refractivity contribution in [3.8, 4) is 44.5 Å². The van der Waals surface area contributed by atoms with Gasteiger partial charge >= 0.3 is 0 Å². The third kappa shape index (κ3) is 6.34. The molecular weight excluding hydrogens is 627 g/mol. The Labute approximate surface area is 305 Å². The second kappa shape index (κ2) is 14.1. The molecule has 0 amide bonds. The topological polar surface area (TPSA) is 15.8 Å². The van der Waals surface area contributed by atoms with Crippen molar-refractivity contribution in [2.45, 2.75) is 18.8 Å². The highest BCUT2D eigenvalue weighted by Crippen LogP contribution is 2.36. The van der Waals surface area contributed by atoms with Gasteiger partial charge in [-0.15, -0.1) is 0 Å². The summed E-state index contributed by atoms with van der Waals surface area (Å²) in [6.45, 7) is 0. The molecule has 1 heterocycles. The minimum Gasteiger partial charge on any atom is -0.354 e. The molecule has 248 valence electrons. The monoisotopic (exact) mass is 665 g/mol.